The van der Waals surface area contributed by atoms with E-state index in [1.165, 1.54) is 0 Å². The van der Waals surface area contributed by atoms with Crippen LogP contribution in [-0.2, 0) is 16.8 Å². The third kappa shape index (κ3) is 2.87. The highest BCUT2D eigenvalue weighted by Crippen LogP contribution is 2.44. The second-order valence-corrected chi connectivity index (χ2v) is 8.29. The van der Waals surface area contributed by atoms with E-state index in [-0.39, 0.29) is 5.91 Å². The van der Waals surface area contributed by atoms with Gasteiger partial charge >= 0.3 is 0 Å². The molecule has 0 aliphatic carbocycles. The van der Waals surface area contributed by atoms with Crippen molar-refractivity contribution in [3.8, 4) is 5.75 Å². The van der Waals surface area contributed by atoms with Gasteiger partial charge in [-0.05, 0) is 53.4 Å². The number of benzene rings is 3. The number of anilines is 1. The molecule has 3 aromatic carbocycles. The summed E-state index contributed by atoms with van der Waals surface area (Å²) in [6, 6.07) is 21.0. The number of nitrogens with one attached hydrogen (secondary N) is 1. The summed E-state index contributed by atoms with van der Waals surface area (Å²) >= 11 is 12.5. The van der Waals surface area contributed by atoms with Gasteiger partial charge < -0.3 is 14.6 Å². The number of hydrogen-bond donors (Lipinski definition) is 1. The van der Waals surface area contributed by atoms with Crippen LogP contribution in [0.4, 0.5) is 5.69 Å². The summed E-state index contributed by atoms with van der Waals surface area (Å²) in [5, 5.41) is 5.27. The summed E-state index contributed by atoms with van der Waals surface area (Å²) in [6.07, 6.45) is 2.40. The first-order valence-electron chi connectivity index (χ1n) is 9.53. The number of hydrogen-bond acceptors (Lipinski definition) is 2. The fourth-order valence-corrected chi connectivity index (χ4v) is 4.72. The summed E-state index contributed by atoms with van der Waals surface area (Å²) in [7, 11) is 1.63. The van der Waals surface area contributed by atoms with Crippen LogP contribution in [-0.4, -0.2) is 17.6 Å². The third-order valence-corrected chi connectivity index (χ3v) is 6.18. The Hall–Kier alpha value is -2.95. The number of nitrogens with zero attached hydrogens (tertiary/aromatic N) is 1. The van der Waals surface area contributed by atoms with Gasteiger partial charge in [0.25, 0.3) is 5.91 Å². The average Bonchev–Trinajstić information content (AvgIpc) is 3.26. The summed E-state index contributed by atoms with van der Waals surface area (Å²) in [4.78, 5) is 13.6. The number of ether oxygens (including phenoxy) is 1. The number of carbonyl (C=O) groups is 1. The molecule has 1 aromatic heterocycles. The lowest BCUT2D eigenvalue weighted by molar-refractivity contribution is -0.121. The number of methoxy groups -OCH3 is 1. The summed E-state index contributed by atoms with van der Waals surface area (Å²) in [5.41, 5.74) is 2.48. The molecular formula is C24H18Cl2N2O2. The van der Waals surface area contributed by atoms with Crippen LogP contribution in [0.3, 0.4) is 0 Å². The minimum Gasteiger partial charge on any atom is -0.497 e. The highest BCUT2D eigenvalue weighted by atomic mass is 35.5. The van der Waals surface area contributed by atoms with Crippen LogP contribution in [0, 0.1) is 0 Å². The topological polar surface area (TPSA) is 43.3 Å². The Morgan fingerprint density at radius 2 is 1.83 bits per heavy atom. The molecule has 1 amide bonds. The molecule has 0 fully saturated rings. The molecule has 1 N–H and O–H groups in total. The van der Waals surface area contributed by atoms with Crippen LogP contribution in [0.15, 0.2) is 72.9 Å². The van der Waals surface area contributed by atoms with E-state index in [1.807, 2.05) is 71.4 Å². The zero-order valence-electron chi connectivity index (χ0n) is 16.2. The van der Waals surface area contributed by atoms with E-state index < -0.39 is 5.54 Å². The Balaban J connectivity index is 1.80. The number of aromatic nitrogens is 1. The molecule has 6 heteroatoms. The molecule has 1 unspecified atom stereocenters. The molecule has 0 saturated heterocycles. The van der Waals surface area contributed by atoms with Gasteiger partial charge in [0.1, 0.15) is 5.75 Å². The van der Waals surface area contributed by atoms with Gasteiger partial charge in [-0.25, -0.2) is 0 Å². The van der Waals surface area contributed by atoms with Crippen LogP contribution in [0.5, 0.6) is 5.75 Å². The van der Waals surface area contributed by atoms with E-state index in [9.17, 15) is 4.79 Å². The number of fused-ring (bicyclic) bond motifs is 2. The van der Waals surface area contributed by atoms with Gasteiger partial charge in [0, 0.05) is 40.0 Å². The highest BCUT2D eigenvalue weighted by molar-refractivity contribution is 6.31. The molecule has 30 heavy (non-hydrogen) atoms. The zero-order chi connectivity index (χ0) is 20.9. The van der Waals surface area contributed by atoms with E-state index in [4.69, 9.17) is 27.9 Å². The van der Waals surface area contributed by atoms with Gasteiger partial charge in [-0.3, -0.25) is 4.79 Å². The number of carbonyl (C=O) groups excluding carboxylic acids is 1. The second-order valence-electron chi connectivity index (χ2n) is 7.42. The van der Waals surface area contributed by atoms with Gasteiger partial charge in [0.05, 0.1) is 12.6 Å². The molecule has 0 spiro atoms. The van der Waals surface area contributed by atoms with Crippen LogP contribution >= 0.6 is 23.2 Å². The molecule has 5 rings (SSSR count). The van der Waals surface area contributed by atoms with Crippen molar-refractivity contribution in [2.24, 2.45) is 0 Å². The lowest BCUT2D eigenvalue weighted by Gasteiger charge is -2.31. The fourth-order valence-electron chi connectivity index (χ4n) is 4.34. The molecular weight excluding hydrogens is 419 g/mol. The Labute approximate surface area is 184 Å². The maximum atomic E-state index is 13.6. The largest absolute Gasteiger partial charge is 0.497 e. The average molecular weight is 437 g/mol. The molecule has 0 bridgehead atoms. The van der Waals surface area contributed by atoms with E-state index in [0.717, 1.165) is 33.5 Å². The molecule has 0 radical (unpaired) electrons. The molecule has 2 heterocycles. The van der Waals surface area contributed by atoms with Crippen molar-refractivity contribution in [2.75, 3.05) is 12.4 Å². The quantitative estimate of drug-likeness (QED) is 0.432. The molecule has 1 aliphatic rings. The van der Waals surface area contributed by atoms with E-state index in [0.29, 0.717) is 16.5 Å². The first kappa shape index (κ1) is 19.0. The van der Waals surface area contributed by atoms with Crippen molar-refractivity contribution < 1.29 is 9.53 Å². The monoisotopic (exact) mass is 436 g/mol. The van der Waals surface area contributed by atoms with Gasteiger partial charge in [-0.15, -0.1) is 0 Å². The summed E-state index contributed by atoms with van der Waals surface area (Å²) in [5.74, 6) is 0.621. The predicted octanol–water partition coefficient (Wildman–Crippen LogP) is 5.90. The lowest BCUT2D eigenvalue weighted by atomic mass is 9.84. The Morgan fingerprint density at radius 1 is 1.00 bits per heavy atom. The smallest absolute Gasteiger partial charge is 0.255 e. The van der Waals surface area contributed by atoms with Gasteiger partial charge in [0.2, 0.25) is 0 Å². The third-order valence-electron chi connectivity index (χ3n) is 5.71. The molecule has 4 nitrogen and oxygen atoms in total. The first-order valence-corrected chi connectivity index (χ1v) is 10.3. The van der Waals surface area contributed by atoms with Crippen molar-refractivity contribution in [1.29, 1.82) is 0 Å². The predicted molar refractivity (Wildman–Crippen MR) is 121 cm³/mol. The maximum Gasteiger partial charge on any atom is 0.255 e. The van der Waals surface area contributed by atoms with Crippen molar-refractivity contribution >= 4 is 45.7 Å². The molecule has 150 valence electrons. The first-order chi connectivity index (χ1) is 14.5. The van der Waals surface area contributed by atoms with E-state index in [1.54, 1.807) is 13.2 Å². The summed E-state index contributed by atoms with van der Waals surface area (Å²) in [6.45, 7) is 0. The molecule has 1 aliphatic heterocycles. The zero-order valence-corrected chi connectivity index (χ0v) is 17.7. The molecule has 0 saturated carbocycles. The Morgan fingerprint density at radius 3 is 2.63 bits per heavy atom. The Bertz CT molecular complexity index is 1300. The van der Waals surface area contributed by atoms with Crippen molar-refractivity contribution in [3.63, 3.8) is 0 Å². The minimum absolute atomic E-state index is 0.111. The number of rotatable bonds is 4. The minimum atomic E-state index is -0.987. The van der Waals surface area contributed by atoms with Crippen LogP contribution in [0.2, 0.25) is 10.0 Å². The van der Waals surface area contributed by atoms with Crippen molar-refractivity contribution in [3.05, 3.63) is 94.1 Å². The highest BCUT2D eigenvalue weighted by Gasteiger charge is 2.49. The normalized spacial score (nSPS) is 17.8. The second kappa shape index (κ2) is 7.08. The summed E-state index contributed by atoms with van der Waals surface area (Å²) < 4.78 is 7.47. The van der Waals surface area contributed by atoms with Gasteiger partial charge in [-0.1, -0.05) is 41.4 Å². The van der Waals surface area contributed by atoms with E-state index >= 15 is 0 Å². The molecule has 1 atom stereocenters. The standard InChI is InChI=1S/C24H18Cl2N2O2/c1-30-19-7-5-16-9-10-28(22(16)13-19)24(14-15-3-2-4-17(25)11-15)20-8-6-18(26)12-21(20)27-23(24)29/h2-13H,14H2,1H3,(H,27,29). The van der Waals surface area contributed by atoms with Crippen molar-refractivity contribution in [1.82, 2.24) is 4.57 Å². The van der Waals surface area contributed by atoms with Crippen LogP contribution < -0.4 is 10.1 Å². The van der Waals surface area contributed by atoms with Crippen LogP contribution in [0.25, 0.3) is 10.9 Å². The molecule has 4 aromatic rings. The fraction of sp³-hybridized carbons (Fsp3) is 0.125. The van der Waals surface area contributed by atoms with Gasteiger partial charge in [0.15, 0.2) is 5.54 Å². The Kier molecular flexibility index (Phi) is 4.49. The van der Waals surface area contributed by atoms with E-state index in [2.05, 4.69) is 5.32 Å². The SMILES string of the molecule is COc1ccc2ccn(C3(Cc4cccc(Cl)c4)C(=O)Nc4cc(Cl)ccc43)c2c1. The lowest BCUT2D eigenvalue weighted by Crippen LogP contribution is -2.43. The van der Waals surface area contributed by atoms with Crippen molar-refractivity contribution in [2.45, 2.75) is 12.0 Å². The van der Waals surface area contributed by atoms with Gasteiger partial charge in [-0.2, -0.15) is 0 Å². The maximum absolute atomic E-state index is 13.6. The number of amides is 1. The van der Waals surface area contributed by atoms with Crippen LogP contribution in [0.1, 0.15) is 11.1 Å². The number of halogens is 2.